The number of aromatic nitrogens is 2. The maximum atomic E-state index is 12.5. The van der Waals surface area contributed by atoms with Gasteiger partial charge in [-0.15, -0.1) is 0 Å². The second kappa shape index (κ2) is 10.6. The van der Waals surface area contributed by atoms with Crippen LogP contribution in [0.4, 0.5) is 0 Å². The molecule has 0 spiro atoms. The van der Waals surface area contributed by atoms with E-state index in [1.165, 1.54) is 0 Å². The Balaban J connectivity index is 0.000000858. The number of carboxylic acid groups (broad SMARTS) is 1. The predicted octanol–water partition coefficient (Wildman–Crippen LogP) is 0.834. The Kier molecular flexibility index (Phi) is 7.58. The highest BCUT2D eigenvalue weighted by atomic mass is 16.3. The minimum atomic E-state index is -0.405. The maximum absolute atomic E-state index is 12.5. The van der Waals surface area contributed by atoms with Gasteiger partial charge in [-0.3, -0.25) is 19.2 Å². The summed E-state index contributed by atoms with van der Waals surface area (Å²) in [7, 11) is 0. The molecule has 1 saturated carbocycles. The Labute approximate surface area is 179 Å². The van der Waals surface area contributed by atoms with Gasteiger partial charge in [0.05, 0.1) is 17.6 Å². The molecule has 1 unspecified atom stereocenters. The normalized spacial score (nSPS) is 22.7. The van der Waals surface area contributed by atoms with Crippen LogP contribution in [-0.4, -0.2) is 51.4 Å². The van der Waals surface area contributed by atoms with E-state index in [1.54, 1.807) is 0 Å². The average Bonchev–Trinajstić information content (AvgIpc) is 3.39. The summed E-state index contributed by atoms with van der Waals surface area (Å²) in [6, 6.07) is 7.44. The van der Waals surface area contributed by atoms with E-state index in [0.717, 1.165) is 42.5 Å². The monoisotopic (exact) mass is 429 g/mol. The molecule has 2 heterocycles. The van der Waals surface area contributed by atoms with Gasteiger partial charge >= 0.3 is 0 Å². The van der Waals surface area contributed by atoms with Crippen LogP contribution < -0.4 is 16.0 Å². The molecule has 5 N–H and O–H groups in total. The lowest BCUT2D eigenvalue weighted by atomic mass is 9.85. The fourth-order valence-corrected chi connectivity index (χ4v) is 4.02. The number of carbonyl (C=O) groups excluding carboxylic acids is 3. The van der Waals surface area contributed by atoms with Gasteiger partial charge in [-0.25, -0.2) is 4.98 Å². The molecule has 10 heteroatoms. The molecule has 1 atom stereocenters. The molecule has 0 radical (unpaired) electrons. The van der Waals surface area contributed by atoms with Crippen molar-refractivity contribution in [1.82, 2.24) is 25.9 Å². The van der Waals surface area contributed by atoms with E-state index in [1.807, 2.05) is 24.3 Å². The Morgan fingerprint density at radius 2 is 1.84 bits per heavy atom. The van der Waals surface area contributed by atoms with Crippen molar-refractivity contribution < 1.29 is 24.3 Å². The van der Waals surface area contributed by atoms with Crippen LogP contribution in [0.3, 0.4) is 0 Å². The Hall–Kier alpha value is -3.43. The molecule has 1 saturated heterocycles. The molecule has 2 fully saturated rings. The summed E-state index contributed by atoms with van der Waals surface area (Å²) in [4.78, 5) is 51.9. The lowest BCUT2D eigenvalue weighted by Gasteiger charge is -2.29. The van der Waals surface area contributed by atoms with Gasteiger partial charge in [0.2, 0.25) is 17.7 Å². The van der Waals surface area contributed by atoms with E-state index in [0.29, 0.717) is 19.4 Å². The van der Waals surface area contributed by atoms with Gasteiger partial charge in [-0.2, -0.15) is 0 Å². The first-order valence-electron chi connectivity index (χ1n) is 10.4. The topological polar surface area (TPSA) is 153 Å². The SMILES string of the molecule is O=C1CCC(C(=O)NC2CCC(C(=O)NCc3nc4ccccc4[nH]3)CC2)N1.O=CO. The summed E-state index contributed by atoms with van der Waals surface area (Å²) in [5, 5.41) is 15.6. The van der Waals surface area contributed by atoms with Gasteiger partial charge in [-0.05, 0) is 44.2 Å². The van der Waals surface area contributed by atoms with Crippen LogP contribution in [0.1, 0.15) is 44.3 Å². The van der Waals surface area contributed by atoms with E-state index in [2.05, 4.69) is 25.9 Å². The molecule has 4 rings (SSSR count). The molecule has 1 aromatic heterocycles. The van der Waals surface area contributed by atoms with Gasteiger partial charge in [0, 0.05) is 18.4 Å². The van der Waals surface area contributed by atoms with Crippen molar-refractivity contribution in [1.29, 1.82) is 0 Å². The highest BCUT2D eigenvalue weighted by molar-refractivity contribution is 5.90. The second-order valence-electron chi connectivity index (χ2n) is 7.74. The van der Waals surface area contributed by atoms with Crippen molar-refractivity contribution in [2.45, 2.75) is 57.2 Å². The third-order valence-electron chi connectivity index (χ3n) is 5.62. The number of hydrogen-bond donors (Lipinski definition) is 5. The molecule has 10 nitrogen and oxygen atoms in total. The molecule has 1 aliphatic heterocycles. The molecular formula is C21H27N5O5. The van der Waals surface area contributed by atoms with Crippen molar-refractivity contribution in [2.24, 2.45) is 5.92 Å². The van der Waals surface area contributed by atoms with Crippen molar-refractivity contribution in [3.05, 3.63) is 30.1 Å². The van der Waals surface area contributed by atoms with Gasteiger partial charge in [0.25, 0.3) is 6.47 Å². The van der Waals surface area contributed by atoms with Crippen LogP contribution >= 0.6 is 0 Å². The number of benzene rings is 1. The average molecular weight is 429 g/mol. The molecule has 31 heavy (non-hydrogen) atoms. The van der Waals surface area contributed by atoms with Crippen LogP contribution in [0.15, 0.2) is 24.3 Å². The Bertz CT molecular complexity index is 902. The molecule has 3 amide bonds. The number of hydrogen-bond acceptors (Lipinski definition) is 5. The highest BCUT2D eigenvalue weighted by Gasteiger charge is 2.31. The molecule has 1 aliphatic carbocycles. The molecular weight excluding hydrogens is 402 g/mol. The molecule has 1 aromatic carbocycles. The van der Waals surface area contributed by atoms with Gasteiger partial charge in [0.15, 0.2) is 0 Å². The van der Waals surface area contributed by atoms with Crippen molar-refractivity contribution in [3.63, 3.8) is 0 Å². The van der Waals surface area contributed by atoms with E-state index in [9.17, 15) is 14.4 Å². The number of para-hydroxylation sites is 2. The molecule has 2 aliphatic rings. The first kappa shape index (κ1) is 22.3. The van der Waals surface area contributed by atoms with Gasteiger partial charge < -0.3 is 26.0 Å². The standard InChI is InChI=1S/C20H25N5O3.CH2O2/c26-18-10-9-16(25-18)20(28)22-13-7-5-12(6-8-13)19(27)21-11-17-23-14-3-1-2-4-15(14)24-17;2-1-3/h1-4,12-13,16H,5-11H2,(H,21,27)(H,22,28)(H,23,24)(H,25,26);1H,(H,2,3). The number of rotatable bonds is 5. The predicted molar refractivity (Wildman–Crippen MR) is 112 cm³/mol. The summed E-state index contributed by atoms with van der Waals surface area (Å²) in [6.07, 6.45) is 4.01. The second-order valence-corrected chi connectivity index (χ2v) is 7.74. The minimum absolute atomic E-state index is 0.0355. The number of nitrogens with zero attached hydrogens (tertiary/aromatic N) is 1. The Morgan fingerprint density at radius 3 is 2.48 bits per heavy atom. The largest absolute Gasteiger partial charge is 0.483 e. The molecule has 0 bridgehead atoms. The summed E-state index contributed by atoms with van der Waals surface area (Å²) in [6.45, 7) is 0.131. The summed E-state index contributed by atoms with van der Waals surface area (Å²) >= 11 is 0. The number of carbonyl (C=O) groups is 4. The van der Waals surface area contributed by atoms with Crippen LogP contribution in [0.2, 0.25) is 0 Å². The van der Waals surface area contributed by atoms with Gasteiger partial charge in [0.1, 0.15) is 11.9 Å². The number of nitrogens with one attached hydrogen (secondary N) is 4. The third kappa shape index (κ3) is 6.03. The lowest BCUT2D eigenvalue weighted by Crippen LogP contribution is -2.47. The summed E-state index contributed by atoms with van der Waals surface area (Å²) < 4.78 is 0. The lowest BCUT2D eigenvalue weighted by molar-refractivity contribution is -0.127. The van der Waals surface area contributed by atoms with E-state index in [4.69, 9.17) is 9.90 Å². The van der Waals surface area contributed by atoms with E-state index in [-0.39, 0.29) is 36.2 Å². The summed E-state index contributed by atoms with van der Waals surface area (Å²) in [5.41, 5.74) is 1.85. The highest BCUT2D eigenvalue weighted by Crippen LogP contribution is 2.25. The minimum Gasteiger partial charge on any atom is -0.483 e. The number of aromatic amines is 1. The van der Waals surface area contributed by atoms with Gasteiger partial charge in [-0.1, -0.05) is 12.1 Å². The van der Waals surface area contributed by atoms with Crippen molar-refractivity contribution >= 4 is 35.2 Å². The van der Waals surface area contributed by atoms with E-state index < -0.39 is 6.04 Å². The number of imidazole rings is 1. The first-order valence-corrected chi connectivity index (χ1v) is 10.4. The number of fused-ring (bicyclic) bond motifs is 1. The zero-order valence-electron chi connectivity index (χ0n) is 17.1. The maximum Gasteiger partial charge on any atom is 0.290 e. The van der Waals surface area contributed by atoms with Crippen molar-refractivity contribution in [2.75, 3.05) is 0 Å². The Morgan fingerprint density at radius 1 is 1.13 bits per heavy atom. The fraction of sp³-hybridized carbons (Fsp3) is 0.476. The first-order chi connectivity index (χ1) is 15.0. The summed E-state index contributed by atoms with van der Waals surface area (Å²) in [5.74, 6) is 0.569. The van der Waals surface area contributed by atoms with Crippen LogP contribution in [0.25, 0.3) is 11.0 Å². The molecule has 2 aromatic rings. The molecule has 166 valence electrons. The quantitative estimate of drug-likeness (QED) is 0.444. The van der Waals surface area contributed by atoms with E-state index >= 15 is 0 Å². The van der Waals surface area contributed by atoms with Crippen LogP contribution in [0.5, 0.6) is 0 Å². The zero-order valence-corrected chi connectivity index (χ0v) is 17.1. The number of amides is 3. The zero-order chi connectivity index (χ0) is 22.2. The smallest absolute Gasteiger partial charge is 0.290 e. The third-order valence-corrected chi connectivity index (χ3v) is 5.62. The van der Waals surface area contributed by atoms with Crippen LogP contribution in [0, 0.1) is 5.92 Å². The fourth-order valence-electron chi connectivity index (χ4n) is 4.02. The van der Waals surface area contributed by atoms with Crippen LogP contribution in [-0.2, 0) is 25.7 Å². The number of H-pyrrole nitrogens is 1. The van der Waals surface area contributed by atoms with Crippen molar-refractivity contribution in [3.8, 4) is 0 Å².